The molecule has 0 aliphatic heterocycles. The van der Waals surface area contributed by atoms with Crippen LogP contribution in [0.5, 0.6) is 5.75 Å². The average Bonchev–Trinajstić information content (AvgIpc) is 2.47. The van der Waals surface area contributed by atoms with Crippen molar-refractivity contribution in [3.05, 3.63) is 53.3 Å². The van der Waals surface area contributed by atoms with Crippen LogP contribution in [0.25, 0.3) is 0 Å². The second-order valence-electron chi connectivity index (χ2n) is 4.88. The van der Waals surface area contributed by atoms with Crippen molar-refractivity contribution in [2.75, 3.05) is 12.3 Å². The van der Waals surface area contributed by atoms with Gasteiger partial charge in [-0.1, -0.05) is 31.2 Å². The highest BCUT2D eigenvalue weighted by Crippen LogP contribution is 2.34. The Hall–Kier alpha value is -1.68. The van der Waals surface area contributed by atoms with Crippen molar-refractivity contribution >= 4 is 17.4 Å². The van der Waals surface area contributed by atoms with Gasteiger partial charge >= 0.3 is 0 Å². The molecule has 2 aromatic carbocycles. The van der Waals surface area contributed by atoms with Gasteiger partial charge < -0.3 is 10.5 Å². The van der Waals surface area contributed by atoms with E-state index in [2.05, 4.69) is 19.1 Å². The third-order valence-corrected chi connectivity index (χ3v) is 4.29. The summed E-state index contributed by atoms with van der Waals surface area (Å²) < 4.78 is 19.2. The largest absolute Gasteiger partial charge is 0.490 e. The number of benzene rings is 2. The van der Waals surface area contributed by atoms with Crippen molar-refractivity contribution in [1.82, 2.24) is 0 Å². The van der Waals surface area contributed by atoms with Gasteiger partial charge in [0.15, 0.2) is 11.6 Å². The summed E-state index contributed by atoms with van der Waals surface area (Å²) in [6.07, 6.45) is 0.843. The highest BCUT2D eigenvalue weighted by molar-refractivity contribution is 7.98. The Morgan fingerprint density at radius 2 is 2.00 bits per heavy atom. The van der Waals surface area contributed by atoms with Gasteiger partial charge in [-0.15, -0.1) is 11.8 Å². The molecule has 2 rings (SSSR count). The van der Waals surface area contributed by atoms with Crippen molar-refractivity contribution < 1.29 is 9.13 Å². The zero-order valence-corrected chi connectivity index (χ0v) is 13.2. The monoisotopic (exact) mass is 305 g/mol. The predicted molar refractivity (Wildman–Crippen MR) is 87.3 cm³/mol. The molecule has 0 bridgehead atoms. The molecule has 0 saturated carbocycles. The van der Waals surface area contributed by atoms with Gasteiger partial charge in [-0.05, 0) is 30.5 Å². The van der Waals surface area contributed by atoms with Gasteiger partial charge in [0.1, 0.15) is 0 Å². The fourth-order valence-electron chi connectivity index (χ4n) is 1.93. The molecule has 21 heavy (non-hydrogen) atoms. The minimum atomic E-state index is -0.402. The first-order valence-corrected chi connectivity index (χ1v) is 7.99. The summed E-state index contributed by atoms with van der Waals surface area (Å²) >= 11 is 1.60. The molecule has 0 fully saturated rings. The van der Waals surface area contributed by atoms with Crippen molar-refractivity contribution in [3.63, 3.8) is 0 Å². The van der Waals surface area contributed by atoms with Crippen molar-refractivity contribution in [3.8, 4) is 5.75 Å². The summed E-state index contributed by atoms with van der Waals surface area (Å²) in [7, 11) is 0. The summed E-state index contributed by atoms with van der Waals surface area (Å²) in [6.45, 7) is 4.57. The van der Waals surface area contributed by atoms with E-state index >= 15 is 0 Å². The number of anilines is 1. The van der Waals surface area contributed by atoms with Gasteiger partial charge in [0, 0.05) is 22.4 Å². The smallest absolute Gasteiger partial charge is 0.167 e. The Morgan fingerprint density at radius 3 is 2.71 bits per heavy atom. The summed E-state index contributed by atoms with van der Waals surface area (Å²) in [4.78, 5) is 0.853. The van der Waals surface area contributed by atoms with Crippen LogP contribution in [0.1, 0.15) is 24.5 Å². The Labute approximate surface area is 129 Å². The zero-order chi connectivity index (χ0) is 15.2. The van der Waals surface area contributed by atoms with Crippen LogP contribution in [-0.2, 0) is 5.75 Å². The number of nitrogens with two attached hydrogens (primary N) is 1. The molecule has 4 heteroatoms. The Kier molecular flexibility index (Phi) is 5.51. The summed E-state index contributed by atoms with van der Waals surface area (Å²) in [5.41, 5.74) is 8.85. The highest BCUT2D eigenvalue weighted by atomic mass is 32.2. The normalized spacial score (nSPS) is 10.6. The van der Waals surface area contributed by atoms with Crippen LogP contribution in [0.3, 0.4) is 0 Å². The molecule has 0 atom stereocenters. The first-order chi connectivity index (χ1) is 10.1. The van der Waals surface area contributed by atoms with E-state index < -0.39 is 5.82 Å². The molecule has 0 aliphatic rings. The minimum absolute atomic E-state index is 0.276. The quantitative estimate of drug-likeness (QED) is 0.615. The van der Waals surface area contributed by atoms with E-state index in [1.54, 1.807) is 17.8 Å². The number of aryl methyl sites for hydroxylation is 1. The second-order valence-corrected chi connectivity index (χ2v) is 5.90. The van der Waals surface area contributed by atoms with Gasteiger partial charge in [0.2, 0.25) is 0 Å². The Morgan fingerprint density at radius 1 is 1.24 bits per heavy atom. The van der Waals surface area contributed by atoms with Crippen molar-refractivity contribution in [1.29, 1.82) is 0 Å². The summed E-state index contributed by atoms with van der Waals surface area (Å²) in [6, 6.07) is 11.3. The Bertz CT molecular complexity index is 616. The topological polar surface area (TPSA) is 35.2 Å². The van der Waals surface area contributed by atoms with Crippen LogP contribution in [0.15, 0.2) is 41.3 Å². The molecule has 0 spiro atoms. The standard InChI is InChI=1S/C17H20FNOS/c1-3-8-20-16-10-17(15(19)9-14(16)18)21-11-13-7-5-4-6-12(13)2/h4-7,9-10H,3,8,11,19H2,1-2H3. The van der Waals surface area contributed by atoms with E-state index in [9.17, 15) is 4.39 Å². The molecule has 0 aliphatic carbocycles. The molecule has 2 nitrogen and oxygen atoms in total. The lowest BCUT2D eigenvalue weighted by Crippen LogP contribution is -2.00. The van der Waals surface area contributed by atoms with Crippen LogP contribution < -0.4 is 10.5 Å². The molecular weight excluding hydrogens is 285 g/mol. The molecule has 0 heterocycles. The number of ether oxygens (including phenoxy) is 1. The first-order valence-electron chi connectivity index (χ1n) is 7.01. The third-order valence-electron chi connectivity index (χ3n) is 3.17. The van der Waals surface area contributed by atoms with Crippen LogP contribution in [-0.4, -0.2) is 6.61 Å². The average molecular weight is 305 g/mol. The zero-order valence-electron chi connectivity index (χ0n) is 12.4. The van der Waals surface area contributed by atoms with E-state index in [0.717, 1.165) is 17.1 Å². The molecule has 2 aromatic rings. The number of halogens is 1. The minimum Gasteiger partial charge on any atom is -0.490 e. The van der Waals surface area contributed by atoms with Crippen LogP contribution >= 0.6 is 11.8 Å². The maximum atomic E-state index is 13.8. The van der Waals surface area contributed by atoms with E-state index in [0.29, 0.717) is 12.3 Å². The summed E-state index contributed by atoms with van der Waals surface area (Å²) in [5.74, 6) is 0.676. The second kappa shape index (κ2) is 7.36. The van der Waals surface area contributed by atoms with E-state index in [4.69, 9.17) is 10.5 Å². The SMILES string of the molecule is CCCOc1cc(SCc2ccccc2C)c(N)cc1F. The molecule has 2 N–H and O–H groups in total. The van der Waals surface area contributed by atoms with Crippen LogP contribution in [0.2, 0.25) is 0 Å². The van der Waals surface area contributed by atoms with E-state index in [1.165, 1.54) is 17.2 Å². The third kappa shape index (κ3) is 4.14. The molecular formula is C17H20FNOS. The van der Waals surface area contributed by atoms with E-state index in [1.807, 2.05) is 19.1 Å². The molecule has 112 valence electrons. The number of hydrogen-bond acceptors (Lipinski definition) is 3. The number of hydrogen-bond donors (Lipinski definition) is 1. The molecule has 0 unspecified atom stereocenters. The summed E-state index contributed by atoms with van der Waals surface area (Å²) in [5, 5.41) is 0. The Balaban J connectivity index is 2.14. The maximum Gasteiger partial charge on any atom is 0.167 e. The molecule has 0 saturated heterocycles. The van der Waals surface area contributed by atoms with Crippen molar-refractivity contribution in [2.24, 2.45) is 0 Å². The van der Waals surface area contributed by atoms with Gasteiger partial charge in [0.25, 0.3) is 0 Å². The van der Waals surface area contributed by atoms with Gasteiger partial charge in [0.05, 0.1) is 6.61 Å². The number of nitrogen functional groups attached to an aromatic ring is 1. The van der Waals surface area contributed by atoms with Gasteiger partial charge in [-0.25, -0.2) is 4.39 Å². The van der Waals surface area contributed by atoms with Gasteiger partial charge in [-0.2, -0.15) is 0 Å². The van der Waals surface area contributed by atoms with Crippen LogP contribution in [0, 0.1) is 12.7 Å². The van der Waals surface area contributed by atoms with Gasteiger partial charge in [-0.3, -0.25) is 0 Å². The van der Waals surface area contributed by atoms with Crippen molar-refractivity contribution in [2.45, 2.75) is 30.9 Å². The highest BCUT2D eigenvalue weighted by Gasteiger charge is 2.10. The lowest BCUT2D eigenvalue weighted by molar-refractivity contribution is 0.300. The lowest BCUT2D eigenvalue weighted by atomic mass is 10.1. The molecule has 0 radical (unpaired) electrons. The predicted octanol–water partition coefficient (Wildman–Crippen LogP) is 4.80. The lowest BCUT2D eigenvalue weighted by Gasteiger charge is -2.11. The fourth-order valence-corrected chi connectivity index (χ4v) is 2.98. The fraction of sp³-hybridized carbons (Fsp3) is 0.294. The van der Waals surface area contributed by atoms with E-state index in [-0.39, 0.29) is 5.75 Å². The number of rotatable bonds is 6. The van der Waals surface area contributed by atoms with Crippen LogP contribution in [0.4, 0.5) is 10.1 Å². The molecule has 0 aromatic heterocycles. The molecule has 0 amide bonds. The maximum absolute atomic E-state index is 13.8. The number of thioether (sulfide) groups is 1. The first kappa shape index (κ1) is 15.7.